The van der Waals surface area contributed by atoms with Crippen molar-refractivity contribution in [1.29, 1.82) is 0 Å². The number of carbonyl (C=O) groups excluding carboxylic acids is 2. The highest BCUT2D eigenvalue weighted by Crippen LogP contribution is 2.28. The van der Waals surface area contributed by atoms with Crippen LogP contribution in [0.5, 0.6) is 0 Å². The van der Waals surface area contributed by atoms with Crippen molar-refractivity contribution in [1.82, 2.24) is 9.62 Å². The number of rotatable bonds is 10. The number of ketones is 1. The van der Waals surface area contributed by atoms with Gasteiger partial charge in [-0.05, 0) is 49.3 Å². The van der Waals surface area contributed by atoms with Crippen LogP contribution in [0.3, 0.4) is 0 Å². The van der Waals surface area contributed by atoms with Crippen molar-refractivity contribution in [3.63, 3.8) is 0 Å². The Balaban J connectivity index is 1.68. The fraction of sp³-hybridized carbons (Fsp3) is 0.462. The number of nitrogens with one attached hydrogen (secondary N) is 1. The van der Waals surface area contributed by atoms with Gasteiger partial charge in [0.05, 0.1) is 10.9 Å². The molecule has 1 aliphatic rings. The van der Waals surface area contributed by atoms with Crippen LogP contribution in [0.15, 0.2) is 65.6 Å². The fourth-order valence-corrected chi connectivity index (χ4v) is 6.29. The van der Waals surface area contributed by atoms with Crippen LogP contribution in [-0.4, -0.2) is 44.0 Å². The van der Waals surface area contributed by atoms with Crippen molar-refractivity contribution < 1.29 is 18.0 Å². The molecule has 6 nitrogen and oxygen atoms in total. The smallest absolute Gasteiger partial charge is 0.243 e. The van der Waals surface area contributed by atoms with E-state index in [0.717, 1.165) is 18.4 Å². The van der Waals surface area contributed by atoms with Gasteiger partial charge in [-0.3, -0.25) is 9.59 Å². The minimum Gasteiger partial charge on any atom is -0.359 e. The van der Waals surface area contributed by atoms with Gasteiger partial charge in [0.15, 0.2) is 5.78 Å². The van der Waals surface area contributed by atoms with E-state index >= 15 is 0 Å². The first-order chi connectivity index (χ1) is 15.8. The molecule has 1 heterocycles. The minimum atomic E-state index is -3.72. The maximum atomic E-state index is 13.2. The van der Waals surface area contributed by atoms with Crippen molar-refractivity contribution in [2.24, 2.45) is 11.8 Å². The molecule has 0 aliphatic carbocycles. The molecule has 0 radical (unpaired) electrons. The molecule has 33 heavy (non-hydrogen) atoms. The Morgan fingerprint density at radius 3 is 2.30 bits per heavy atom. The standard InChI is InChI=1S/C26H34N2O4S/c1-20(23(26(30)27-2)19-21-11-5-3-6-12-21)16-17-25(29)24-15-9-10-18-28(24)33(31,32)22-13-7-4-8-14-22/h3-8,11-14,20,23-24H,9-10,15-19H2,1-2H3,(H,27,30)/t20?,23?,24-/m0/s1. The van der Waals surface area contributed by atoms with Crippen LogP contribution in [0, 0.1) is 11.8 Å². The molecule has 178 valence electrons. The molecule has 1 fully saturated rings. The van der Waals surface area contributed by atoms with Gasteiger partial charge in [0.25, 0.3) is 0 Å². The molecule has 0 spiro atoms. The fourth-order valence-electron chi connectivity index (χ4n) is 4.59. The second-order valence-corrected chi connectivity index (χ2v) is 10.7. The van der Waals surface area contributed by atoms with E-state index in [1.807, 2.05) is 37.3 Å². The highest BCUT2D eigenvalue weighted by Gasteiger charge is 2.37. The lowest BCUT2D eigenvalue weighted by Gasteiger charge is -2.34. The summed E-state index contributed by atoms with van der Waals surface area (Å²) in [5.74, 6) is -0.362. The van der Waals surface area contributed by atoms with Crippen LogP contribution in [0.2, 0.25) is 0 Å². The van der Waals surface area contributed by atoms with Crippen LogP contribution >= 0.6 is 0 Å². The lowest BCUT2D eigenvalue weighted by atomic mass is 9.83. The Hall–Kier alpha value is -2.51. The summed E-state index contributed by atoms with van der Waals surface area (Å²) in [5, 5.41) is 2.75. The Morgan fingerprint density at radius 1 is 1.03 bits per heavy atom. The van der Waals surface area contributed by atoms with Gasteiger partial charge in [-0.1, -0.05) is 61.9 Å². The van der Waals surface area contributed by atoms with E-state index in [4.69, 9.17) is 0 Å². The van der Waals surface area contributed by atoms with E-state index in [1.165, 1.54) is 4.31 Å². The van der Waals surface area contributed by atoms with Crippen molar-refractivity contribution >= 4 is 21.7 Å². The normalized spacial score (nSPS) is 18.9. The summed E-state index contributed by atoms with van der Waals surface area (Å²) in [6, 6.07) is 17.5. The third-order valence-electron chi connectivity index (χ3n) is 6.59. The van der Waals surface area contributed by atoms with Gasteiger partial charge in [0.2, 0.25) is 15.9 Å². The largest absolute Gasteiger partial charge is 0.359 e. The maximum absolute atomic E-state index is 13.2. The number of piperidine rings is 1. The van der Waals surface area contributed by atoms with Crippen molar-refractivity contribution in [3.05, 3.63) is 66.2 Å². The van der Waals surface area contributed by atoms with Crippen LogP contribution < -0.4 is 5.32 Å². The molecule has 2 aromatic rings. The SMILES string of the molecule is CNC(=O)C(Cc1ccccc1)C(C)CCC(=O)[C@@H]1CCCCN1S(=O)(=O)c1ccccc1. The van der Waals surface area contributed by atoms with Crippen molar-refractivity contribution in [2.75, 3.05) is 13.6 Å². The zero-order chi connectivity index (χ0) is 23.8. The lowest BCUT2D eigenvalue weighted by Crippen LogP contribution is -2.48. The first-order valence-corrected chi connectivity index (χ1v) is 13.1. The summed E-state index contributed by atoms with van der Waals surface area (Å²) in [5.41, 5.74) is 1.08. The van der Waals surface area contributed by atoms with Gasteiger partial charge in [0.1, 0.15) is 0 Å². The Morgan fingerprint density at radius 2 is 1.67 bits per heavy atom. The molecule has 1 amide bonds. The van der Waals surface area contributed by atoms with Crippen molar-refractivity contribution in [2.45, 2.75) is 56.4 Å². The molecule has 3 atom stereocenters. The monoisotopic (exact) mass is 470 g/mol. The number of hydrogen-bond donors (Lipinski definition) is 1. The molecule has 2 aromatic carbocycles. The second kappa shape index (κ2) is 11.6. The molecule has 3 rings (SSSR count). The Kier molecular flexibility index (Phi) is 8.80. The summed E-state index contributed by atoms with van der Waals surface area (Å²) in [6.45, 7) is 2.35. The van der Waals surface area contributed by atoms with E-state index in [0.29, 0.717) is 25.8 Å². The number of hydrogen-bond acceptors (Lipinski definition) is 4. The summed E-state index contributed by atoms with van der Waals surface area (Å²) in [4.78, 5) is 26.0. The van der Waals surface area contributed by atoms with E-state index in [1.54, 1.807) is 37.4 Å². The quantitative estimate of drug-likeness (QED) is 0.572. The van der Waals surface area contributed by atoms with Crippen LogP contribution in [-0.2, 0) is 26.0 Å². The molecule has 0 aromatic heterocycles. The molecule has 7 heteroatoms. The molecule has 1 saturated heterocycles. The summed E-state index contributed by atoms with van der Waals surface area (Å²) < 4.78 is 27.8. The van der Waals surface area contributed by atoms with Gasteiger partial charge in [-0.15, -0.1) is 0 Å². The Labute approximate surface area is 197 Å². The van der Waals surface area contributed by atoms with Gasteiger partial charge >= 0.3 is 0 Å². The van der Waals surface area contributed by atoms with Gasteiger partial charge < -0.3 is 5.32 Å². The highest BCUT2D eigenvalue weighted by atomic mass is 32.2. The summed E-state index contributed by atoms with van der Waals surface area (Å²) >= 11 is 0. The summed E-state index contributed by atoms with van der Waals surface area (Å²) in [7, 11) is -2.09. The predicted octanol–water partition coefficient (Wildman–Crippen LogP) is 3.82. The van der Waals surface area contributed by atoms with Crippen LogP contribution in [0.1, 0.15) is 44.6 Å². The molecule has 1 N–H and O–H groups in total. The molecule has 0 bridgehead atoms. The number of nitrogens with zero attached hydrogens (tertiary/aromatic N) is 1. The number of benzene rings is 2. The van der Waals surface area contributed by atoms with E-state index < -0.39 is 16.1 Å². The zero-order valence-corrected chi connectivity index (χ0v) is 20.3. The van der Waals surface area contributed by atoms with Gasteiger partial charge in [-0.25, -0.2) is 8.42 Å². The summed E-state index contributed by atoms with van der Waals surface area (Å²) in [6.07, 6.45) is 3.54. The molecular formula is C26H34N2O4S. The second-order valence-electron chi connectivity index (χ2n) is 8.83. The topological polar surface area (TPSA) is 83.6 Å². The maximum Gasteiger partial charge on any atom is 0.243 e. The van der Waals surface area contributed by atoms with Crippen molar-refractivity contribution in [3.8, 4) is 0 Å². The van der Waals surface area contributed by atoms with E-state index in [9.17, 15) is 18.0 Å². The van der Waals surface area contributed by atoms with E-state index in [2.05, 4.69) is 5.32 Å². The predicted molar refractivity (Wildman–Crippen MR) is 129 cm³/mol. The number of amides is 1. The molecular weight excluding hydrogens is 436 g/mol. The average molecular weight is 471 g/mol. The average Bonchev–Trinajstić information content (AvgIpc) is 2.86. The van der Waals surface area contributed by atoms with Crippen LogP contribution in [0.25, 0.3) is 0 Å². The Bertz CT molecular complexity index is 1020. The minimum absolute atomic E-state index is 0.0168. The van der Waals surface area contributed by atoms with Gasteiger partial charge in [-0.2, -0.15) is 4.31 Å². The first-order valence-electron chi connectivity index (χ1n) is 11.7. The highest BCUT2D eigenvalue weighted by molar-refractivity contribution is 7.89. The molecule has 0 saturated carbocycles. The lowest BCUT2D eigenvalue weighted by molar-refractivity contribution is -0.127. The van der Waals surface area contributed by atoms with Gasteiger partial charge in [0, 0.05) is 25.9 Å². The molecule has 2 unspecified atom stereocenters. The number of carbonyl (C=O) groups is 2. The van der Waals surface area contributed by atoms with Crippen LogP contribution in [0.4, 0.5) is 0 Å². The first kappa shape index (κ1) is 25.1. The zero-order valence-electron chi connectivity index (χ0n) is 19.4. The van der Waals surface area contributed by atoms with E-state index in [-0.39, 0.29) is 34.8 Å². The number of Topliss-reactive ketones (excluding diaryl/α,β-unsaturated/α-hetero) is 1. The third kappa shape index (κ3) is 6.30. The third-order valence-corrected chi connectivity index (χ3v) is 8.51. The number of sulfonamides is 1. The molecule has 1 aliphatic heterocycles.